The van der Waals surface area contributed by atoms with Crippen LogP contribution in [0.15, 0.2) is 48.5 Å². The number of fused-ring (bicyclic) bond motifs is 1. The molecule has 0 atom stereocenters. The SMILES string of the molecule is COc1ccc(Cl)cc1NC(=O)CSCC(=O)N1CCCN1C(=O)c1cc(OC)c2ccccc2n1. The number of pyridine rings is 1. The van der Waals surface area contributed by atoms with Crippen molar-refractivity contribution < 1.29 is 23.9 Å². The Morgan fingerprint density at radius 3 is 2.53 bits per heavy atom. The molecular weight excluding hydrogens is 504 g/mol. The topological polar surface area (TPSA) is 101 Å². The minimum Gasteiger partial charge on any atom is -0.496 e. The van der Waals surface area contributed by atoms with Crippen molar-refractivity contribution in [3.63, 3.8) is 0 Å². The van der Waals surface area contributed by atoms with Gasteiger partial charge in [-0.05, 0) is 36.8 Å². The van der Waals surface area contributed by atoms with Crippen LogP contribution in [0.2, 0.25) is 5.02 Å². The summed E-state index contributed by atoms with van der Waals surface area (Å²) in [5.74, 6) is 0.186. The van der Waals surface area contributed by atoms with Crippen molar-refractivity contribution in [2.75, 3.05) is 44.1 Å². The fourth-order valence-corrected chi connectivity index (χ4v) is 4.76. The van der Waals surface area contributed by atoms with Crippen LogP contribution in [-0.4, -0.2) is 71.5 Å². The minimum absolute atomic E-state index is 0.0400. The Labute approximate surface area is 217 Å². The first-order valence-electron chi connectivity index (χ1n) is 11.2. The molecule has 1 fully saturated rings. The Bertz CT molecular complexity index is 1300. The van der Waals surface area contributed by atoms with Gasteiger partial charge in [-0.1, -0.05) is 23.7 Å². The fourth-order valence-electron chi connectivity index (χ4n) is 3.91. The lowest BCUT2D eigenvalue weighted by atomic mass is 10.1. The quantitative estimate of drug-likeness (QED) is 0.473. The van der Waals surface area contributed by atoms with Crippen LogP contribution in [-0.2, 0) is 9.59 Å². The highest BCUT2D eigenvalue weighted by molar-refractivity contribution is 8.00. The molecule has 1 saturated heterocycles. The summed E-state index contributed by atoms with van der Waals surface area (Å²) >= 11 is 7.16. The number of hydrogen-bond acceptors (Lipinski definition) is 7. The molecule has 2 heterocycles. The summed E-state index contributed by atoms with van der Waals surface area (Å²) in [5.41, 5.74) is 1.29. The summed E-state index contributed by atoms with van der Waals surface area (Å²) in [6.45, 7) is 0.822. The molecule has 1 aliphatic heterocycles. The van der Waals surface area contributed by atoms with E-state index in [2.05, 4.69) is 10.3 Å². The van der Waals surface area contributed by atoms with E-state index in [1.807, 2.05) is 24.3 Å². The number of benzene rings is 2. The molecule has 1 aromatic heterocycles. The molecule has 0 saturated carbocycles. The lowest BCUT2D eigenvalue weighted by Crippen LogP contribution is -2.46. The van der Waals surface area contributed by atoms with Crippen molar-refractivity contribution >= 4 is 57.7 Å². The number of aromatic nitrogens is 1. The molecule has 0 unspecified atom stereocenters. The van der Waals surface area contributed by atoms with Gasteiger partial charge in [0.05, 0.1) is 36.9 Å². The van der Waals surface area contributed by atoms with Gasteiger partial charge in [-0.15, -0.1) is 11.8 Å². The number of nitrogens with zero attached hydrogens (tertiary/aromatic N) is 3. The average molecular weight is 529 g/mol. The highest BCUT2D eigenvalue weighted by Gasteiger charge is 2.32. The molecule has 1 N–H and O–H groups in total. The van der Waals surface area contributed by atoms with E-state index in [0.29, 0.717) is 47.2 Å². The Hall–Kier alpha value is -3.50. The van der Waals surface area contributed by atoms with Crippen LogP contribution in [0.3, 0.4) is 0 Å². The second kappa shape index (κ2) is 11.5. The van der Waals surface area contributed by atoms with Gasteiger partial charge < -0.3 is 14.8 Å². The van der Waals surface area contributed by atoms with Crippen LogP contribution in [0.25, 0.3) is 10.9 Å². The molecule has 188 valence electrons. The average Bonchev–Trinajstić information content (AvgIpc) is 3.38. The number of hydrazine groups is 1. The smallest absolute Gasteiger partial charge is 0.291 e. The van der Waals surface area contributed by atoms with E-state index in [-0.39, 0.29) is 34.9 Å². The third kappa shape index (κ3) is 5.66. The first-order chi connectivity index (χ1) is 17.4. The van der Waals surface area contributed by atoms with Gasteiger partial charge in [-0.25, -0.2) is 9.99 Å². The van der Waals surface area contributed by atoms with Crippen molar-refractivity contribution in [3.8, 4) is 11.5 Å². The van der Waals surface area contributed by atoms with Crippen molar-refractivity contribution in [1.82, 2.24) is 15.0 Å². The van der Waals surface area contributed by atoms with Gasteiger partial charge in [0.15, 0.2) is 0 Å². The predicted molar refractivity (Wildman–Crippen MR) is 140 cm³/mol. The van der Waals surface area contributed by atoms with Gasteiger partial charge in [0.2, 0.25) is 5.91 Å². The van der Waals surface area contributed by atoms with Crippen LogP contribution in [0, 0.1) is 0 Å². The molecule has 11 heteroatoms. The van der Waals surface area contributed by atoms with Gasteiger partial charge in [-0.2, -0.15) is 0 Å². The zero-order valence-electron chi connectivity index (χ0n) is 19.8. The Morgan fingerprint density at radius 1 is 1.00 bits per heavy atom. The maximum absolute atomic E-state index is 13.3. The van der Waals surface area contributed by atoms with E-state index in [1.54, 1.807) is 24.3 Å². The number of nitrogens with one attached hydrogen (secondary N) is 1. The number of rotatable bonds is 8. The molecule has 1 aliphatic rings. The summed E-state index contributed by atoms with van der Waals surface area (Å²) in [6.07, 6.45) is 0.655. The molecule has 3 amide bonds. The molecule has 0 radical (unpaired) electrons. The predicted octanol–water partition coefficient (Wildman–Crippen LogP) is 3.87. The number of amides is 3. The second-order valence-electron chi connectivity index (χ2n) is 7.91. The summed E-state index contributed by atoms with van der Waals surface area (Å²) in [7, 11) is 3.04. The minimum atomic E-state index is -0.374. The van der Waals surface area contributed by atoms with Gasteiger partial charge in [-0.3, -0.25) is 19.4 Å². The number of hydrogen-bond donors (Lipinski definition) is 1. The zero-order chi connectivity index (χ0) is 25.7. The zero-order valence-corrected chi connectivity index (χ0v) is 21.4. The lowest BCUT2D eigenvalue weighted by Gasteiger charge is -2.27. The molecule has 2 aromatic carbocycles. The number of carbonyl (C=O) groups is 3. The van der Waals surface area contributed by atoms with E-state index in [4.69, 9.17) is 21.1 Å². The number of carbonyl (C=O) groups excluding carboxylic acids is 3. The number of methoxy groups -OCH3 is 2. The van der Waals surface area contributed by atoms with Crippen LogP contribution in [0.4, 0.5) is 5.69 Å². The van der Waals surface area contributed by atoms with E-state index in [9.17, 15) is 14.4 Å². The van der Waals surface area contributed by atoms with E-state index < -0.39 is 0 Å². The molecule has 0 bridgehead atoms. The van der Waals surface area contributed by atoms with E-state index in [0.717, 1.165) is 17.1 Å². The molecule has 0 spiro atoms. The highest BCUT2D eigenvalue weighted by Crippen LogP contribution is 2.28. The summed E-state index contributed by atoms with van der Waals surface area (Å²) in [6, 6.07) is 13.9. The van der Waals surface area contributed by atoms with Crippen LogP contribution in [0.1, 0.15) is 16.9 Å². The first-order valence-corrected chi connectivity index (χ1v) is 12.7. The largest absolute Gasteiger partial charge is 0.496 e. The maximum atomic E-state index is 13.3. The van der Waals surface area contributed by atoms with Crippen LogP contribution >= 0.6 is 23.4 Å². The number of thioether (sulfide) groups is 1. The van der Waals surface area contributed by atoms with Crippen molar-refractivity contribution in [2.24, 2.45) is 0 Å². The number of halogens is 1. The van der Waals surface area contributed by atoms with Gasteiger partial charge in [0.1, 0.15) is 17.2 Å². The number of ether oxygens (including phenoxy) is 2. The molecule has 36 heavy (non-hydrogen) atoms. The van der Waals surface area contributed by atoms with E-state index in [1.165, 1.54) is 24.2 Å². The van der Waals surface area contributed by atoms with Gasteiger partial charge in [0, 0.05) is 29.6 Å². The third-order valence-corrected chi connectivity index (χ3v) is 6.72. The Morgan fingerprint density at radius 2 is 1.75 bits per heavy atom. The summed E-state index contributed by atoms with van der Waals surface area (Å²) in [4.78, 5) is 43.0. The molecule has 9 nitrogen and oxygen atoms in total. The Balaban J connectivity index is 1.37. The summed E-state index contributed by atoms with van der Waals surface area (Å²) < 4.78 is 10.7. The second-order valence-corrected chi connectivity index (χ2v) is 9.33. The maximum Gasteiger partial charge on any atom is 0.291 e. The normalized spacial score (nSPS) is 13.1. The lowest BCUT2D eigenvalue weighted by molar-refractivity contribution is -0.137. The molecule has 4 rings (SSSR count). The molecular formula is C25H25ClN4O5S. The van der Waals surface area contributed by atoms with E-state index >= 15 is 0 Å². The van der Waals surface area contributed by atoms with Gasteiger partial charge in [0.25, 0.3) is 11.8 Å². The highest BCUT2D eigenvalue weighted by atomic mass is 35.5. The molecule has 0 aliphatic carbocycles. The van der Waals surface area contributed by atoms with Crippen molar-refractivity contribution in [2.45, 2.75) is 6.42 Å². The van der Waals surface area contributed by atoms with Gasteiger partial charge >= 0.3 is 0 Å². The Kier molecular flexibility index (Phi) is 8.17. The first kappa shape index (κ1) is 25.6. The number of anilines is 1. The van der Waals surface area contributed by atoms with Crippen LogP contribution in [0.5, 0.6) is 11.5 Å². The monoisotopic (exact) mass is 528 g/mol. The fraction of sp³-hybridized carbons (Fsp3) is 0.280. The van der Waals surface area contributed by atoms with Crippen molar-refractivity contribution in [1.29, 1.82) is 0 Å². The third-order valence-electron chi connectivity index (χ3n) is 5.57. The van der Waals surface area contributed by atoms with Crippen molar-refractivity contribution in [3.05, 3.63) is 59.2 Å². The standard InChI is InChI=1S/C25H25ClN4O5S/c1-34-21-9-8-16(26)12-19(21)28-23(31)14-36-15-24(32)29-10-5-11-30(29)25(33)20-13-22(35-2)17-6-3-4-7-18(17)27-20/h3-4,6-9,12-13H,5,10-11,14-15H2,1-2H3,(H,28,31). The van der Waals surface area contributed by atoms with Crippen LogP contribution < -0.4 is 14.8 Å². The number of para-hydroxylation sites is 1. The molecule has 3 aromatic rings. The summed E-state index contributed by atoms with van der Waals surface area (Å²) in [5, 5.41) is 6.85.